The Morgan fingerprint density at radius 2 is 2.15 bits per heavy atom. The van der Waals surface area contributed by atoms with E-state index in [1.165, 1.54) is 16.8 Å². The minimum atomic E-state index is -0.110. The van der Waals surface area contributed by atoms with Crippen molar-refractivity contribution >= 4 is 28.3 Å². The molecule has 0 aromatic heterocycles. The molecule has 1 aliphatic carbocycles. The Morgan fingerprint density at radius 3 is 2.89 bits per heavy atom. The van der Waals surface area contributed by atoms with E-state index in [1.807, 2.05) is 12.2 Å². The fourth-order valence-corrected chi connectivity index (χ4v) is 5.87. The number of nitrogens with zero attached hydrogens (tertiary/aromatic N) is 1. The van der Waals surface area contributed by atoms with E-state index >= 15 is 0 Å². The van der Waals surface area contributed by atoms with Crippen molar-refractivity contribution < 1.29 is 4.74 Å². The molecule has 142 valence electrons. The summed E-state index contributed by atoms with van der Waals surface area (Å²) < 4.78 is 6.24. The fourth-order valence-electron chi connectivity index (χ4n) is 4.64. The number of alkyl halides is 1. The van der Waals surface area contributed by atoms with Crippen LogP contribution < -0.4 is 5.32 Å². The van der Waals surface area contributed by atoms with Crippen LogP contribution in [-0.4, -0.2) is 16.1 Å². The summed E-state index contributed by atoms with van der Waals surface area (Å²) >= 11 is 2.56. The number of fused-ring (bicyclic) bond motifs is 3. The normalized spacial score (nSPS) is 32.6. The maximum absolute atomic E-state index is 9.42. The van der Waals surface area contributed by atoms with Gasteiger partial charge in [-0.3, -0.25) is 0 Å². The quantitative estimate of drug-likeness (QED) is 0.412. The first-order valence-corrected chi connectivity index (χ1v) is 10.9. The molecule has 3 nitrogen and oxygen atoms in total. The van der Waals surface area contributed by atoms with Gasteiger partial charge in [0.25, 0.3) is 0 Å². The van der Waals surface area contributed by atoms with Crippen LogP contribution in [0.25, 0.3) is 0 Å². The Labute approximate surface area is 176 Å². The third-order valence-corrected chi connectivity index (χ3v) is 7.54. The summed E-state index contributed by atoms with van der Waals surface area (Å²) in [7, 11) is 0. The van der Waals surface area contributed by atoms with Crippen molar-refractivity contribution in [3.05, 3.63) is 53.1 Å². The van der Waals surface area contributed by atoms with Gasteiger partial charge in [-0.15, -0.1) is 0 Å². The molecule has 3 aliphatic rings. The second kappa shape index (κ2) is 6.93. The molecule has 4 rings (SSSR count). The van der Waals surface area contributed by atoms with Crippen LogP contribution in [0, 0.1) is 17.2 Å². The van der Waals surface area contributed by atoms with E-state index in [2.05, 4.69) is 79.0 Å². The van der Waals surface area contributed by atoms with Crippen molar-refractivity contribution in [2.24, 2.45) is 5.92 Å². The first-order chi connectivity index (χ1) is 12.8. The summed E-state index contributed by atoms with van der Waals surface area (Å²) in [5.41, 5.74) is 4.83. The van der Waals surface area contributed by atoms with Gasteiger partial charge in [-0.2, -0.15) is 5.26 Å². The van der Waals surface area contributed by atoms with Crippen LogP contribution in [0.4, 0.5) is 5.69 Å². The molecule has 1 aromatic carbocycles. The predicted octanol–water partition coefficient (Wildman–Crippen LogP) is 5.83. The average molecular weight is 474 g/mol. The molecular weight excluding hydrogens is 447 g/mol. The van der Waals surface area contributed by atoms with E-state index < -0.39 is 0 Å². The number of hydrogen-bond donors (Lipinski definition) is 1. The van der Waals surface area contributed by atoms with E-state index in [0.717, 1.165) is 31.4 Å². The number of rotatable bonds is 1. The third kappa shape index (κ3) is 3.45. The molecule has 1 aromatic rings. The van der Waals surface area contributed by atoms with Gasteiger partial charge in [0.2, 0.25) is 0 Å². The largest absolute Gasteiger partial charge is 0.380 e. The molecule has 1 unspecified atom stereocenters. The zero-order chi connectivity index (χ0) is 19.2. The molecule has 0 amide bonds. The molecule has 27 heavy (non-hydrogen) atoms. The topological polar surface area (TPSA) is 45.0 Å². The van der Waals surface area contributed by atoms with Crippen molar-refractivity contribution in [2.45, 2.75) is 61.0 Å². The lowest BCUT2D eigenvalue weighted by Gasteiger charge is -2.49. The monoisotopic (exact) mass is 474 g/mol. The molecule has 1 fully saturated rings. The second-order valence-electron chi connectivity index (χ2n) is 9.04. The fraction of sp³-hybridized carbons (Fsp3) is 0.522. The standard InChI is InChI=1S/C23H27IN2O/c1-22(2,3)16-8-9-19-18(12-16)20-17(7-5-11-27-20)21(26-19)23(24)10-4-6-15(13-23)14-25/h4,6,8-10,12,17,20-21,26H,5,7,11,13H2,1-3H3/t17-,20+,21-,23?/m1/s1. The van der Waals surface area contributed by atoms with Gasteiger partial charge < -0.3 is 10.1 Å². The number of anilines is 1. The Kier molecular flexibility index (Phi) is 4.88. The smallest absolute Gasteiger partial charge is 0.0947 e. The van der Waals surface area contributed by atoms with E-state index in [0.29, 0.717) is 5.92 Å². The van der Waals surface area contributed by atoms with Gasteiger partial charge in [0, 0.05) is 35.8 Å². The first-order valence-electron chi connectivity index (χ1n) is 9.82. The number of allylic oxidation sites excluding steroid dienone is 3. The van der Waals surface area contributed by atoms with Crippen LogP contribution in [0.15, 0.2) is 42.0 Å². The first kappa shape index (κ1) is 19.0. The van der Waals surface area contributed by atoms with Crippen LogP contribution in [0.2, 0.25) is 0 Å². The second-order valence-corrected chi connectivity index (χ2v) is 11.0. The molecule has 0 saturated carbocycles. The molecular formula is C23H27IN2O. The van der Waals surface area contributed by atoms with Gasteiger partial charge in [-0.1, -0.05) is 67.6 Å². The molecule has 0 bridgehead atoms. The lowest BCUT2D eigenvalue weighted by Crippen LogP contribution is -2.52. The number of ether oxygens (including phenoxy) is 1. The Balaban J connectivity index is 1.74. The van der Waals surface area contributed by atoms with Crippen LogP contribution in [-0.2, 0) is 10.2 Å². The lowest BCUT2D eigenvalue weighted by molar-refractivity contribution is -0.0396. The van der Waals surface area contributed by atoms with Gasteiger partial charge in [0.05, 0.1) is 21.6 Å². The third-order valence-electron chi connectivity index (χ3n) is 6.12. The highest BCUT2D eigenvalue weighted by Crippen LogP contribution is 2.51. The average Bonchev–Trinajstić information content (AvgIpc) is 2.66. The van der Waals surface area contributed by atoms with Crippen molar-refractivity contribution in [1.29, 1.82) is 5.26 Å². The highest BCUT2D eigenvalue weighted by atomic mass is 127. The maximum Gasteiger partial charge on any atom is 0.0947 e. The summed E-state index contributed by atoms with van der Waals surface area (Å²) in [5, 5.41) is 13.3. The minimum absolute atomic E-state index is 0.110. The molecule has 2 aliphatic heterocycles. The number of halogens is 1. The Hall–Kier alpha value is -1.32. The lowest BCUT2D eigenvalue weighted by atomic mass is 9.72. The maximum atomic E-state index is 9.42. The summed E-state index contributed by atoms with van der Waals surface area (Å²) in [6.45, 7) is 7.61. The molecule has 1 saturated heterocycles. The van der Waals surface area contributed by atoms with E-state index in [9.17, 15) is 5.26 Å². The summed E-state index contributed by atoms with van der Waals surface area (Å²) in [6.07, 6.45) is 9.43. The van der Waals surface area contributed by atoms with Crippen molar-refractivity contribution in [3.63, 3.8) is 0 Å². The van der Waals surface area contributed by atoms with Gasteiger partial charge in [-0.25, -0.2) is 0 Å². The minimum Gasteiger partial charge on any atom is -0.380 e. The Bertz CT molecular complexity index is 845. The molecule has 4 heteroatoms. The zero-order valence-corrected chi connectivity index (χ0v) is 18.4. The molecule has 0 radical (unpaired) electrons. The van der Waals surface area contributed by atoms with Crippen LogP contribution in [0.1, 0.15) is 57.3 Å². The highest BCUT2D eigenvalue weighted by Gasteiger charge is 2.48. The van der Waals surface area contributed by atoms with Crippen LogP contribution in [0.5, 0.6) is 0 Å². The summed E-state index contributed by atoms with van der Waals surface area (Å²) in [5.74, 6) is 0.418. The van der Waals surface area contributed by atoms with E-state index in [-0.39, 0.29) is 21.0 Å². The number of nitriles is 1. The van der Waals surface area contributed by atoms with Gasteiger partial charge in [0.1, 0.15) is 0 Å². The molecule has 0 spiro atoms. The zero-order valence-electron chi connectivity index (χ0n) is 16.3. The molecule has 4 atom stereocenters. The summed E-state index contributed by atoms with van der Waals surface area (Å²) in [4.78, 5) is 0. The van der Waals surface area contributed by atoms with Crippen LogP contribution in [0.3, 0.4) is 0 Å². The van der Waals surface area contributed by atoms with Gasteiger partial charge >= 0.3 is 0 Å². The SMILES string of the molecule is CC(C)(C)c1ccc2c(c1)[C@H]1OCCC[C@H]1[C@H](C1(I)C=CC=C(C#N)C1)N2. The van der Waals surface area contributed by atoms with E-state index in [1.54, 1.807) is 0 Å². The van der Waals surface area contributed by atoms with Crippen molar-refractivity contribution in [1.82, 2.24) is 0 Å². The number of hydrogen-bond acceptors (Lipinski definition) is 3. The highest BCUT2D eigenvalue weighted by molar-refractivity contribution is 14.1. The predicted molar refractivity (Wildman–Crippen MR) is 118 cm³/mol. The van der Waals surface area contributed by atoms with E-state index in [4.69, 9.17) is 4.74 Å². The van der Waals surface area contributed by atoms with Gasteiger partial charge in [0.15, 0.2) is 0 Å². The molecule has 1 N–H and O–H groups in total. The summed E-state index contributed by atoms with van der Waals surface area (Å²) in [6, 6.07) is 9.43. The Morgan fingerprint density at radius 1 is 1.33 bits per heavy atom. The van der Waals surface area contributed by atoms with Crippen LogP contribution >= 0.6 is 22.6 Å². The number of nitrogens with one attached hydrogen (secondary N) is 1. The number of benzene rings is 1. The van der Waals surface area contributed by atoms with Crippen molar-refractivity contribution in [3.8, 4) is 6.07 Å². The molecule has 2 heterocycles. The van der Waals surface area contributed by atoms with Crippen molar-refractivity contribution in [2.75, 3.05) is 11.9 Å². The van der Waals surface area contributed by atoms with Gasteiger partial charge in [-0.05, 0) is 36.0 Å².